The van der Waals surface area contributed by atoms with E-state index in [1.165, 1.54) is 11.3 Å². The fraction of sp³-hybridized carbons (Fsp3) is 0.200. The Hall–Kier alpha value is -2.92. The molecule has 0 bridgehead atoms. The second kappa shape index (κ2) is 6.53. The molecule has 4 aromatic rings. The Bertz CT molecular complexity index is 984. The van der Waals surface area contributed by atoms with Crippen LogP contribution in [0.2, 0.25) is 0 Å². The average molecular weight is 331 g/mol. The summed E-state index contributed by atoms with van der Waals surface area (Å²) in [4.78, 5) is 6.92. The van der Waals surface area contributed by atoms with Crippen LogP contribution in [0.25, 0.3) is 11.3 Å². The summed E-state index contributed by atoms with van der Waals surface area (Å²) in [5.41, 5.74) is 5.58. The van der Waals surface area contributed by atoms with Crippen molar-refractivity contribution in [1.82, 2.24) is 24.1 Å². The van der Waals surface area contributed by atoms with Crippen molar-refractivity contribution in [3.05, 3.63) is 84.1 Å². The fourth-order valence-corrected chi connectivity index (χ4v) is 3.14. The van der Waals surface area contributed by atoms with E-state index in [0.717, 1.165) is 30.1 Å². The van der Waals surface area contributed by atoms with Crippen LogP contribution >= 0.6 is 0 Å². The number of benzene rings is 1. The van der Waals surface area contributed by atoms with E-state index in [0.29, 0.717) is 0 Å². The summed E-state index contributed by atoms with van der Waals surface area (Å²) in [5, 5.41) is 4.48. The second-order valence-electron chi connectivity index (χ2n) is 6.37. The molecule has 4 rings (SSSR count). The third-order valence-electron chi connectivity index (χ3n) is 4.36. The van der Waals surface area contributed by atoms with Gasteiger partial charge in [-0.15, -0.1) is 0 Å². The molecule has 0 aliphatic heterocycles. The maximum absolute atomic E-state index is 4.64. The zero-order valence-corrected chi connectivity index (χ0v) is 14.5. The van der Waals surface area contributed by atoms with E-state index in [1.54, 1.807) is 0 Å². The van der Waals surface area contributed by atoms with Crippen LogP contribution in [-0.4, -0.2) is 31.1 Å². The van der Waals surface area contributed by atoms with Crippen molar-refractivity contribution in [2.24, 2.45) is 0 Å². The Kier molecular flexibility index (Phi) is 4.07. The van der Waals surface area contributed by atoms with Gasteiger partial charge in [0.05, 0.1) is 23.3 Å². The van der Waals surface area contributed by atoms with Gasteiger partial charge in [0.1, 0.15) is 5.65 Å². The predicted octanol–water partition coefficient (Wildman–Crippen LogP) is 3.46. The number of aryl methyl sites for hydroxylation is 1. The van der Waals surface area contributed by atoms with Crippen molar-refractivity contribution in [3.63, 3.8) is 0 Å². The summed E-state index contributed by atoms with van der Waals surface area (Å²) in [6.45, 7) is 3.75. The zero-order chi connectivity index (χ0) is 17.2. The van der Waals surface area contributed by atoms with E-state index >= 15 is 0 Å². The lowest BCUT2D eigenvalue weighted by atomic mass is 10.3. The highest BCUT2D eigenvalue weighted by Crippen LogP contribution is 2.15. The molecule has 5 nitrogen and oxygen atoms in total. The number of para-hydroxylation sites is 1. The van der Waals surface area contributed by atoms with Gasteiger partial charge in [0.25, 0.3) is 0 Å². The van der Waals surface area contributed by atoms with E-state index < -0.39 is 0 Å². The Morgan fingerprint density at radius 1 is 1.00 bits per heavy atom. The number of hydrogen-bond donors (Lipinski definition) is 0. The number of rotatable bonds is 5. The van der Waals surface area contributed by atoms with Crippen LogP contribution in [0.5, 0.6) is 0 Å². The molecule has 5 heteroatoms. The first-order valence-electron chi connectivity index (χ1n) is 8.41. The van der Waals surface area contributed by atoms with Crippen LogP contribution in [-0.2, 0) is 13.1 Å². The van der Waals surface area contributed by atoms with Gasteiger partial charge >= 0.3 is 0 Å². The normalized spacial score (nSPS) is 11.5. The lowest BCUT2D eigenvalue weighted by Crippen LogP contribution is -2.18. The van der Waals surface area contributed by atoms with Crippen LogP contribution in [0.1, 0.15) is 17.0 Å². The lowest BCUT2D eigenvalue weighted by Gasteiger charge is -2.16. The molecule has 126 valence electrons. The van der Waals surface area contributed by atoms with Gasteiger partial charge in [0.15, 0.2) is 0 Å². The highest BCUT2D eigenvalue weighted by molar-refractivity contribution is 5.42. The first-order chi connectivity index (χ1) is 12.2. The smallest absolute Gasteiger partial charge is 0.137 e. The Balaban J connectivity index is 1.50. The van der Waals surface area contributed by atoms with E-state index in [-0.39, 0.29) is 0 Å². The third-order valence-corrected chi connectivity index (χ3v) is 4.36. The summed E-state index contributed by atoms with van der Waals surface area (Å²) >= 11 is 0. The SMILES string of the molecule is Cc1nc2ccccn2c1CN(C)Cc1cnn(-c2ccccc2)c1. The molecule has 0 saturated heterocycles. The van der Waals surface area contributed by atoms with E-state index in [1.807, 2.05) is 47.3 Å². The van der Waals surface area contributed by atoms with Crippen molar-refractivity contribution in [2.75, 3.05) is 7.05 Å². The standard InChI is InChI=1S/C20H21N5/c1-16-19(24-11-7-6-10-20(24)22-16)15-23(2)13-17-12-21-25(14-17)18-8-4-3-5-9-18/h3-12,14H,13,15H2,1-2H3. The van der Waals surface area contributed by atoms with Gasteiger partial charge in [-0.25, -0.2) is 9.67 Å². The number of nitrogens with zero attached hydrogens (tertiary/aromatic N) is 5. The van der Waals surface area contributed by atoms with Gasteiger partial charge in [-0.3, -0.25) is 4.90 Å². The molecular weight excluding hydrogens is 310 g/mol. The minimum atomic E-state index is 0.840. The topological polar surface area (TPSA) is 38.4 Å². The molecule has 1 aromatic carbocycles. The summed E-state index contributed by atoms with van der Waals surface area (Å²) in [5.74, 6) is 0. The molecule has 3 aromatic heterocycles. The summed E-state index contributed by atoms with van der Waals surface area (Å²) < 4.78 is 4.09. The number of pyridine rings is 1. The van der Waals surface area contributed by atoms with Gasteiger partial charge in [-0.1, -0.05) is 24.3 Å². The molecule has 0 atom stereocenters. The first-order valence-corrected chi connectivity index (χ1v) is 8.41. The van der Waals surface area contributed by atoms with Crippen molar-refractivity contribution in [2.45, 2.75) is 20.0 Å². The monoisotopic (exact) mass is 331 g/mol. The fourth-order valence-electron chi connectivity index (χ4n) is 3.14. The van der Waals surface area contributed by atoms with Gasteiger partial charge in [0.2, 0.25) is 0 Å². The molecule has 0 unspecified atom stereocenters. The lowest BCUT2D eigenvalue weighted by molar-refractivity contribution is 0.313. The van der Waals surface area contributed by atoms with Crippen LogP contribution in [0.3, 0.4) is 0 Å². The molecule has 0 fully saturated rings. The number of fused-ring (bicyclic) bond motifs is 1. The quantitative estimate of drug-likeness (QED) is 0.562. The van der Waals surface area contributed by atoms with E-state index in [9.17, 15) is 0 Å². The maximum Gasteiger partial charge on any atom is 0.137 e. The minimum absolute atomic E-state index is 0.840. The maximum atomic E-state index is 4.64. The molecule has 0 aliphatic rings. The minimum Gasteiger partial charge on any atom is -0.302 e. The molecule has 25 heavy (non-hydrogen) atoms. The molecule has 0 saturated carbocycles. The summed E-state index contributed by atoms with van der Waals surface area (Å²) in [7, 11) is 2.13. The zero-order valence-electron chi connectivity index (χ0n) is 14.5. The molecule has 0 amide bonds. The van der Waals surface area contributed by atoms with Crippen LogP contribution < -0.4 is 0 Å². The van der Waals surface area contributed by atoms with Crippen molar-refractivity contribution < 1.29 is 0 Å². The highest BCUT2D eigenvalue weighted by Gasteiger charge is 2.11. The van der Waals surface area contributed by atoms with Gasteiger partial charge in [-0.2, -0.15) is 5.10 Å². The van der Waals surface area contributed by atoms with Crippen molar-refractivity contribution in [3.8, 4) is 5.69 Å². The first kappa shape index (κ1) is 15.6. The molecule has 0 spiro atoms. The highest BCUT2D eigenvalue weighted by atomic mass is 15.3. The number of aromatic nitrogens is 4. The Morgan fingerprint density at radius 3 is 2.64 bits per heavy atom. The van der Waals surface area contributed by atoms with Crippen molar-refractivity contribution >= 4 is 5.65 Å². The van der Waals surface area contributed by atoms with Crippen LogP contribution in [0.15, 0.2) is 67.1 Å². The van der Waals surface area contributed by atoms with Crippen molar-refractivity contribution in [1.29, 1.82) is 0 Å². The largest absolute Gasteiger partial charge is 0.302 e. The summed E-state index contributed by atoms with van der Waals surface area (Å²) in [6, 6.07) is 16.3. The van der Waals surface area contributed by atoms with Gasteiger partial charge in [0, 0.05) is 31.0 Å². The second-order valence-corrected chi connectivity index (χ2v) is 6.37. The molecule has 0 aliphatic carbocycles. The number of imidazole rings is 1. The summed E-state index contributed by atoms with van der Waals surface area (Å²) in [6.07, 6.45) is 6.10. The molecular formula is C20H21N5. The third kappa shape index (κ3) is 3.19. The Morgan fingerprint density at radius 2 is 1.80 bits per heavy atom. The molecule has 3 heterocycles. The predicted molar refractivity (Wildman–Crippen MR) is 98.7 cm³/mol. The van der Waals surface area contributed by atoms with E-state index in [4.69, 9.17) is 0 Å². The number of hydrogen-bond acceptors (Lipinski definition) is 3. The molecule has 0 radical (unpaired) electrons. The molecule has 0 N–H and O–H groups in total. The van der Waals surface area contributed by atoms with Gasteiger partial charge < -0.3 is 4.40 Å². The van der Waals surface area contributed by atoms with Gasteiger partial charge in [-0.05, 0) is 38.2 Å². The average Bonchev–Trinajstić information content (AvgIpc) is 3.21. The Labute approximate surface area is 147 Å². The van der Waals surface area contributed by atoms with Crippen LogP contribution in [0, 0.1) is 6.92 Å². The van der Waals surface area contributed by atoms with Crippen LogP contribution in [0.4, 0.5) is 0 Å². The van der Waals surface area contributed by atoms with E-state index in [2.05, 4.69) is 57.9 Å².